The van der Waals surface area contributed by atoms with E-state index in [1.54, 1.807) is 12.1 Å². The van der Waals surface area contributed by atoms with Gasteiger partial charge in [0.2, 0.25) is 17.8 Å². The number of rotatable bonds is 13. The zero-order chi connectivity index (χ0) is 25.2. The fourth-order valence-corrected chi connectivity index (χ4v) is 3.66. The van der Waals surface area contributed by atoms with Crippen LogP contribution in [0.5, 0.6) is 0 Å². The largest absolute Gasteiger partial charge is 0.341 e. The highest BCUT2D eigenvalue weighted by Crippen LogP contribution is 2.21. The maximum Gasteiger partial charge on any atom is 0.232 e. The molecule has 0 bridgehead atoms. The first kappa shape index (κ1) is 26.2. The van der Waals surface area contributed by atoms with E-state index in [9.17, 15) is 8.78 Å². The fraction of sp³-hybridized carbons (Fsp3) is 0.400. The van der Waals surface area contributed by atoms with E-state index in [-0.39, 0.29) is 11.6 Å². The van der Waals surface area contributed by atoms with E-state index in [1.807, 2.05) is 36.0 Å². The molecule has 0 aliphatic rings. The minimum Gasteiger partial charge on any atom is -0.341 e. The minimum absolute atomic E-state index is 0.294. The van der Waals surface area contributed by atoms with Gasteiger partial charge in [-0.2, -0.15) is 15.0 Å². The van der Waals surface area contributed by atoms with Gasteiger partial charge < -0.3 is 26.2 Å². The summed E-state index contributed by atoms with van der Waals surface area (Å²) in [6.07, 6.45) is 1.55. The lowest BCUT2D eigenvalue weighted by Crippen LogP contribution is -2.32. The van der Waals surface area contributed by atoms with Gasteiger partial charge >= 0.3 is 0 Å². The molecule has 0 radical (unpaired) electrons. The van der Waals surface area contributed by atoms with Crippen LogP contribution in [0, 0.1) is 11.6 Å². The van der Waals surface area contributed by atoms with E-state index in [0.29, 0.717) is 57.1 Å². The minimum atomic E-state index is -0.294. The van der Waals surface area contributed by atoms with Crippen LogP contribution in [0.1, 0.15) is 24.0 Å². The molecule has 0 atom stereocenters. The van der Waals surface area contributed by atoms with E-state index in [1.165, 1.54) is 24.3 Å². The number of hydrogen-bond donors (Lipinski definition) is 2. The highest BCUT2D eigenvalue weighted by Gasteiger charge is 2.18. The molecule has 10 heteroatoms. The Balaban J connectivity index is 1.94. The van der Waals surface area contributed by atoms with Crippen molar-refractivity contribution in [3.8, 4) is 0 Å². The predicted molar refractivity (Wildman–Crippen MR) is 136 cm³/mol. The SMILES string of the molecule is CN(Cc1cccc(F)c1)c1nc(N(C)Cc2cccc(F)c2)nc(N(CCCN)CCCN)n1. The number of anilines is 3. The van der Waals surface area contributed by atoms with E-state index in [2.05, 4.69) is 9.88 Å². The summed E-state index contributed by atoms with van der Waals surface area (Å²) in [5.41, 5.74) is 13.1. The van der Waals surface area contributed by atoms with Crippen LogP contribution in [0.15, 0.2) is 48.5 Å². The van der Waals surface area contributed by atoms with Crippen LogP contribution >= 0.6 is 0 Å². The molecule has 1 heterocycles. The summed E-state index contributed by atoms with van der Waals surface area (Å²) in [6.45, 7) is 3.28. The van der Waals surface area contributed by atoms with Crippen molar-refractivity contribution in [1.29, 1.82) is 0 Å². The average Bonchev–Trinajstić information content (AvgIpc) is 2.84. The summed E-state index contributed by atoms with van der Waals surface area (Å²) in [4.78, 5) is 19.9. The molecule has 0 spiro atoms. The molecule has 0 saturated carbocycles. The molecule has 0 unspecified atom stereocenters. The van der Waals surface area contributed by atoms with Gasteiger partial charge in [0, 0.05) is 40.3 Å². The van der Waals surface area contributed by atoms with E-state index >= 15 is 0 Å². The Hall–Kier alpha value is -3.37. The topological polar surface area (TPSA) is 100 Å². The zero-order valence-corrected chi connectivity index (χ0v) is 20.4. The van der Waals surface area contributed by atoms with Gasteiger partial charge in [-0.05, 0) is 61.3 Å². The smallest absolute Gasteiger partial charge is 0.232 e. The Kier molecular flexibility index (Phi) is 9.68. The molecule has 188 valence electrons. The Morgan fingerprint density at radius 3 is 1.51 bits per heavy atom. The molecule has 3 rings (SSSR count). The van der Waals surface area contributed by atoms with Gasteiger partial charge in [0.15, 0.2) is 0 Å². The maximum absolute atomic E-state index is 13.7. The van der Waals surface area contributed by atoms with Crippen LogP contribution in [0.4, 0.5) is 26.6 Å². The average molecular weight is 485 g/mol. The third-order valence-electron chi connectivity index (χ3n) is 5.45. The van der Waals surface area contributed by atoms with Gasteiger partial charge in [-0.3, -0.25) is 0 Å². The number of hydrogen-bond acceptors (Lipinski definition) is 8. The van der Waals surface area contributed by atoms with Crippen molar-refractivity contribution in [1.82, 2.24) is 15.0 Å². The van der Waals surface area contributed by atoms with Crippen LogP contribution in [0.2, 0.25) is 0 Å². The Labute approximate surface area is 205 Å². The molecule has 0 fully saturated rings. The first-order valence-electron chi connectivity index (χ1n) is 11.7. The molecule has 3 aromatic rings. The second-order valence-electron chi connectivity index (χ2n) is 8.48. The van der Waals surface area contributed by atoms with Crippen molar-refractivity contribution in [2.24, 2.45) is 11.5 Å². The molecule has 0 saturated heterocycles. The third-order valence-corrected chi connectivity index (χ3v) is 5.45. The highest BCUT2D eigenvalue weighted by molar-refractivity contribution is 5.47. The van der Waals surface area contributed by atoms with E-state index in [0.717, 1.165) is 24.0 Å². The Bertz CT molecular complexity index is 1000. The quantitative estimate of drug-likeness (QED) is 0.382. The van der Waals surface area contributed by atoms with Crippen LogP contribution in [0.25, 0.3) is 0 Å². The molecule has 8 nitrogen and oxygen atoms in total. The highest BCUT2D eigenvalue weighted by atomic mass is 19.1. The number of nitrogens with two attached hydrogens (primary N) is 2. The van der Waals surface area contributed by atoms with Crippen molar-refractivity contribution in [2.45, 2.75) is 25.9 Å². The molecule has 0 aliphatic carbocycles. The van der Waals surface area contributed by atoms with Crippen LogP contribution in [-0.2, 0) is 13.1 Å². The first-order valence-corrected chi connectivity index (χ1v) is 11.7. The summed E-state index contributed by atoms with van der Waals surface area (Å²) in [6, 6.07) is 12.9. The van der Waals surface area contributed by atoms with Gasteiger partial charge in [-0.1, -0.05) is 24.3 Å². The summed E-state index contributed by atoms with van der Waals surface area (Å²) in [5.74, 6) is 0.829. The van der Waals surface area contributed by atoms with Gasteiger partial charge in [0.05, 0.1) is 0 Å². The van der Waals surface area contributed by atoms with Crippen molar-refractivity contribution in [3.05, 3.63) is 71.3 Å². The van der Waals surface area contributed by atoms with Gasteiger partial charge in [-0.25, -0.2) is 8.78 Å². The lowest BCUT2D eigenvalue weighted by Gasteiger charge is -2.26. The Morgan fingerprint density at radius 2 is 1.11 bits per heavy atom. The summed E-state index contributed by atoms with van der Waals surface area (Å²) in [7, 11) is 3.70. The summed E-state index contributed by atoms with van der Waals surface area (Å²) >= 11 is 0. The molecule has 0 aliphatic heterocycles. The number of benzene rings is 2. The molecule has 0 amide bonds. The molecular formula is C25H34F2N8. The van der Waals surface area contributed by atoms with Crippen molar-refractivity contribution in [2.75, 3.05) is 55.0 Å². The Morgan fingerprint density at radius 1 is 0.686 bits per heavy atom. The lowest BCUT2D eigenvalue weighted by atomic mass is 10.2. The van der Waals surface area contributed by atoms with Crippen LogP contribution in [0.3, 0.4) is 0 Å². The van der Waals surface area contributed by atoms with E-state index in [4.69, 9.17) is 21.4 Å². The van der Waals surface area contributed by atoms with Gasteiger partial charge in [0.1, 0.15) is 11.6 Å². The second kappa shape index (κ2) is 12.9. The van der Waals surface area contributed by atoms with Crippen molar-refractivity contribution >= 4 is 17.8 Å². The lowest BCUT2D eigenvalue weighted by molar-refractivity contribution is 0.624. The standard InChI is InChI=1S/C25H34F2N8/c1-33(17-19-7-3-9-21(26)15-19)23-30-24(34(2)18-20-8-4-10-22(27)16-20)32-25(31-23)35(13-5-11-28)14-6-12-29/h3-4,7-10,15-16H,5-6,11-14,17-18,28-29H2,1-2H3. The summed E-state index contributed by atoms with van der Waals surface area (Å²) < 4.78 is 27.4. The molecule has 4 N–H and O–H groups in total. The van der Waals surface area contributed by atoms with Gasteiger partial charge in [0.25, 0.3) is 0 Å². The maximum atomic E-state index is 13.7. The molecule has 2 aromatic carbocycles. The van der Waals surface area contributed by atoms with Crippen LogP contribution < -0.4 is 26.2 Å². The number of nitrogens with zero attached hydrogens (tertiary/aromatic N) is 6. The van der Waals surface area contributed by atoms with Crippen molar-refractivity contribution < 1.29 is 8.78 Å². The monoisotopic (exact) mass is 484 g/mol. The summed E-state index contributed by atoms with van der Waals surface area (Å²) in [5, 5.41) is 0. The van der Waals surface area contributed by atoms with Gasteiger partial charge in [-0.15, -0.1) is 0 Å². The van der Waals surface area contributed by atoms with Crippen LogP contribution in [-0.4, -0.2) is 55.2 Å². The second-order valence-corrected chi connectivity index (χ2v) is 8.48. The zero-order valence-electron chi connectivity index (χ0n) is 20.4. The van der Waals surface area contributed by atoms with E-state index < -0.39 is 0 Å². The predicted octanol–water partition coefficient (Wildman–Crippen LogP) is 2.93. The first-order chi connectivity index (χ1) is 16.9. The number of aromatic nitrogens is 3. The normalized spacial score (nSPS) is 10.9. The number of halogens is 2. The molecular weight excluding hydrogens is 450 g/mol. The fourth-order valence-electron chi connectivity index (χ4n) is 3.66. The van der Waals surface area contributed by atoms with Crippen molar-refractivity contribution in [3.63, 3.8) is 0 Å². The molecule has 35 heavy (non-hydrogen) atoms. The molecule has 1 aromatic heterocycles. The third kappa shape index (κ3) is 7.83.